The van der Waals surface area contributed by atoms with Crippen LogP contribution in [0.15, 0.2) is 24.8 Å². The molecule has 27 heavy (non-hydrogen) atoms. The number of aliphatic hydroxyl groups excluding tert-OH is 2. The monoisotopic (exact) mass is 385 g/mol. The zero-order valence-corrected chi connectivity index (χ0v) is 16.5. The third-order valence-electron chi connectivity index (χ3n) is 3.51. The summed E-state index contributed by atoms with van der Waals surface area (Å²) in [6.45, 7) is 5.46. The van der Waals surface area contributed by atoms with E-state index < -0.39 is 11.9 Å². The Balaban J connectivity index is 0. The lowest BCUT2D eigenvalue weighted by Crippen LogP contribution is -2.20. The molecule has 0 fully saturated rings. The van der Waals surface area contributed by atoms with Gasteiger partial charge in [-0.2, -0.15) is 0 Å². The average Bonchev–Trinajstić information content (AvgIpc) is 3.04. The molecule has 0 aromatic heterocycles. The quantitative estimate of drug-likeness (QED) is 0.157. The molecule has 7 heteroatoms. The molecule has 0 aromatic rings. The average molecular weight is 386 g/mol. The van der Waals surface area contributed by atoms with Gasteiger partial charge in [-0.1, -0.05) is 71.3 Å². The number of hydrogen-bond acceptors (Lipinski definition) is 6. The Morgan fingerprint density at radius 3 is 1.67 bits per heavy atom. The molecule has 0 radical (unpaired) electrons. The van der Waals surface area contributed by atoms with Gasteiger partial charge < -0.3 is 20.3 Å². The van der Waals surface area contributed by atoms with Gasteiger partial charge in [0.25, 0.3) is 0 Å². The second-order valence-corrected chi connectivity index (χ2v) is 5.88. The topological polar surface area (TPSA) is 113 Å². The molecule has 0 atom stereocenters. The Morgan fingerprint density at radius 2 is 1.41 bits per heavy atom. The Hall–Kier alpha value is -1.99. The van der Waals surface area contributed by atoms with Gasteiger partial charge in [-0.25, -0.2) is 9.59 Å². The van der Waals surface area contributed by atoms with E-state index in [2.05, 4.69) is 23.6 Å². The SMILES string of the molecule is C=CC(=O)NCO.CCCCCCCCCCCCO.O=C1C=CC(=O)O1. The van der Waals surface area contributed by atoms with Gasteiger partial charge in [0.05, 0.1) is 0 Å². The number of ether oxygens (including phenoxy) is 1. The van der Waals surface area contributed by atoms with Gasteiger partial charge in [0, 0.05) is 18.8 Å². The number of nitrogens with one attached hydrogen (secondary N) is 1. The van der Waals surface area contributed by atoms with Crippen LogP contribution in [-0.4, -0.2) is 41.4 Å². The maximum absolute atomic E-state index is 10.0. The van der Waals surface area contributed by atoms with E-state index in [4.69, 9.17) is 10.2 Å². The molecule has 0 aromatic carbocycles. The fourth-order valence-corrected chi connectivity index (χ4v) is 2.05. The first-order valence-electron chi connectivity index (χ1n) is 9.57. The molecule has 1 aliphatic heterocycles. The van der Waals surface area contributed by atoms with Gasteiger partial charge in [-0.15, -0.1) is 0 Å². The summed E-state index contributed by atoms with van der Waals surface area (Å²) in [6, 6.07) is 0. The second-order valence-electron chi connectivity index (χ2n) is 5.88. The van der Waals surface area contributed by atoms with Crippen molar-refractivity contribution in [2.45, 2.75) is 71.1 Å². The number of esters is 2. The van der Waals surface area contributed by atoms with Crippen LogP contribution in [0.1, 0.15) is 71.1 Å². The number of rotatable bonds is 12. The fourth-order valence-electron chi connectivity index (χ4n) is 2.05. The van der Waals surface area contributed by atoms with Crippen LogP contribution < -0.4 is 5.32 Å². The third-order valence-corrected chi connectivity index (χ3v) is 3.51. The molecule has 7 nitrogen and oxygen atoms in total. The summed E-state index contributed by atoms with van der Waals surface area (Å²) in [5, 5.41) is 18.6. The Bertz CT molecular complexity index is 408. The second kappa shape index (κ2) is 22.1. The van der Waals surface area contributed by atoms with E-state index in [1.54, 1.807) is 0 Å². The summed E-state index contributed by atoms with van der Waals surface area (Å²) in [6.07, 6.45) is 16.6. The van der Waals surface area contributed by atoms with Crippen LogP contribution in [0.3, 0.4) is 0 Å². The highest BCUT2D eigenvalue weighted by Gasteiger charge is 2.10. The van der Waals surface area contributed by atoms with Gasteiger partial charge in [-0.3, -0.25) is 4.79 Å². The number of carbonyl (C=O) groups is 3. The van der Waals surface area contributed by atoms with Crippen LogP contribution >= 0.6 is 0 Å². The maximum atomic E-state index is 10.0. The summed E-state index contributed by atoms with van der Waals surface area (Å²) >= 11 is 0. The first kappa shape index (κ1) is 27.2. The molecular formula is C20H35NO6. The lowest BCUT2D eigenvalue weighted by atomic mass is 10.1. The molecule has 156 valence electrons. The molecule has 0 unspecified atom stereocenters. The normalized spacial score (nSPS) is 11.7. The van der Waals surface area contributed by atoms with Crippen LogP contribution in [0.2, 0.25) is 0 Å². The van der Waals surface area contributed by atoms with Crippen molar-refractivity contribution >= 4 is 17.8 Å². The van der Waals surface area contributed by atoms with Crippen molar-refractivity contribution in [1.82, 2.24) is 5.32 Å². The molecule has 0 spiro atoms. The summed E-state index contributed by atoms with van der Waals surface area (Å²) in [5.74, 6) is -1.52. The van der Waals surface area contributed by atoms with Crippen molar-refractivity contribution in [2.24, 2.45) is 0 Å². The molecule has 0 aliphatic carbocycles. The molecule has 0 bridgehead atoms. The Labute approximate surface area is 162 Å². The van der Waals surface area contributed by atoms with Gasteiger partial charge in [-0.05, 0) is 12.5 Å². The molecule has 3 N–H and O–H groups in total. The Kier molecular flexibility index (Phi) is 22.2. The van der Waals surface area contributed by atoms with Crippen molar-refractivity contribution in [3.8, 4) is 0 Å². The highest BCUT2D eigenvalue weighted by Crippen LogP contribution is 2.10. The lowest BCUT2D eigenvalue weighted by molar-refractivity contribution is -0.150. The maximum Gasteiger partial charge on any atom is 0.338 e. The number of cyclic esters (lactones) is 2. The number of unbranched alkanes of at least 4 members (excludes halogenated alkanes) is 9. The van der Waals surface area contributed by atoms with Crippen LogP contribution in [0.5, 0.6) is 0 Å². The third kappa shape index (κ3) is 24.0. The lowest BCUT2D eigenvalue weighted by Gasteiger charge is -2.00. The van der Waals surface area contributed by atoms with Crippen molar-refractivity contribution in [3.63, 3.8) is 0 Å². The molecule has 1 amide bonds. The number of aliphatic hydroxyl groups is 2. The highest BCUT2D eigenvalue weighted by atomic mass is 16.6. The van der Waals surface area contributed by atoms with E-state index in [0.29, 0.717) is 6.61 Å². The van der Waals surface area contributed by atoms with Crippen molar-refractivity contribution in [3.05, 3.63) is 24.8 Å². The fraction of sp³-hybridized carbons (Fsp3) is 0.650. The van der Waals surface area contributed by atoms with Crippen LogP contribution in [0.25, 0.3) is 0 Å². The highest BCUT2D eigenvalue weighted by molar-refractivity contribution is 6.04. The summed E-state index contributed by atoms with van der Waals surface area (Å²) in [4.78, 5) is 29.9. The number of amides is 1. The zero-order chi connectivity index (χ0) is 20.8. The standard InChI is InChI=1S/C12H26O.C4H7NO2.C4H2O3/c1-2-3-4-5-6-7-8-9-10-11-12-13;1-2-4(7)5-3-6;5-3-1-2-4(6)7-3/h13H,2-12H2,1H3;2,6H,1,3H2,(H,5,7);1-2H. The molecule has 0 saturated carbocycles. The first-order chi connectivity index (χ1) is 13.0. The summed E-state index contributed by atoms with van der Waals surface area (Å²) < 4.78 is 3.97. The van der Waals surface area contributed by atoms with E-state index in [-0.39, 0.29) is 12.6 Å². The number of carbonyl (C=O) groups excluding carboxylic acids is 3. The van der Waals surface area contributed by atoms with Gasteiger partial charge >= 0.3 is 11.9 Å². The first-order valence-corrected chi connectivity index (χ1v) is 9.57. The number of hydrogen-bond donors (Lipinski definition) is 3. The predicted octanol–water partition coefficient (Wildman–Crippen LogP) is 2.76. The van der Waals surface area contributed by atoms with Gasteiger partial charge in [0.2, 0.25) is 5.91 Å². The predicted molar refractivity (Wildman–Crippen MR) is 105 cm³/mol. The zero-order valence-electron chi connectivity index (χ0n) is 16.5. The molecule has 1 rings (SSSR count). The minimum absolute atomic E-state index is 0.329. The molecule has 0 saturated heterocycles. The molecule has 1 heterocycles. The van der Waals surface area contributed by atoms with E-state index >= 15 is 0 Å². The summed E-state index contributed by atoms with van der Waals surface area (Å²) in [7, 11) is 0. The van der Waals surface area contributed by atoms with Gasteiger partial charge in [0.15, 0.2) is 0 Å². The van der Waals surface area contributed by atoms with E-state index in [9.17, 15) is 14.4 Å². The minimum Gasteiger partial charge on any atom is -0.396 e. The van der Waals surface area contributed by atoms with E-state index in [1.165, 1.54) is 57.8 Å². The molecular weight excluding hydrogens is 350 g/mol. The molecule has 1 aliphatic rings. The van der Waals surface area contributed by atoms with E-state index in [0.717, 1.165) is 24.6 Å². The van der Waals surface area contributed by atoms with Gasteiger partial charge in [0.1, 0.15) is 6.73 Å². The van der Waals surface area contributed by atoms with Crippen LogP contribution in [-0.2, 0) is 19.1 Å². The van der Waals surface area contributed by atoms with E-state index in [1.807, 2.05) is 0 Å². The van der Waals surface area contributed by atoms with Crippen molar-refractivity contribution < 1.29 is 29.3 Å². The van der Waals surface area contributed by atoms with Crippen molar-refractivity contribution in [2.75, 3.05) is 13.3 Å². The Morgan fingerprint density at radius 1 is 0.963 bits per heavy atom. The smallest absolute Gasteiger partial charge is 0.338 e. The largest absolute Gasteiger partial charge is 0.396 e. The summed E-state index contributed by atoms with van der Waals surface area (Å²) in [5.41, 5.74) is 0. The van der Waals surface area contributed by atoms with Crippen LogP contribution in [0.4, 0.5) is 0 Å². The van der Waals surface area contributed by atoms with Crippen LogP contribution in [0, 0.1) is 0 Å². The van der Waals surface area contributed by atoms with Crippen molar-refractivity contribution in [1.29, 1.82) is 0 Å². The minimum atomic E-state index is -0.579.